The first-order valence-electron chi connectivity index (χ1n) is 6.36. The van der Waals surface area contributed by atoms with E-state index >= 15 is 0 Å². The fourth-order valence-electron chi connectivity index (χ4n) is 2.02. The van der Waals surface area contributed by atoms with E-state index in [1.54, 1.807) is 11.4 Å². The van der Waals surface area contributed by atoms with Gasteiger partial charge in [-0.2, -0.15) is 17.0 Å². The summed E-state index contributed by atoms with van der Waals surface area (Å²) >= 11 is 0. The van der Waals surface area contributed by atoms with Crippen LogP contribution in [-0.2, 0) is 10.2 Å². The summed E-state index contributed by atoms with van der Waals surface area (Å²) < 4.78 is 28.1. The fraction of sp³-hybridized carbons (Fsp3) is 1.00. The summed E-state index contributed by atoms with van der Waals surface area (Å²) in [6.45, 7) is 8.09. The van der Waals surface area contributed by atoms with E-state index in [0.29, 0.717) is 6.54 Å². The van der Waals surface area contributed by atoms with Crippen molar-refractivity contribution in [2.75, 3.05) is 26.7 Å². The summed E-state index contributed by atoms with van der Waals surface area (Å²) in [5.74, 6) is 0. The molecular weight excluding hydrogens is 238 g/mol. The molecule has 6 heteroatoms. The molecule has 0 bridgehead atoms. The first kappa shape index (κ1) is 14.9. The first-order valence-corrected chi connectivity index (χ1v) is 7.76. The number of hydrogen-bond acceptors (Lipinski definition) is 3. The van der Waals surface area contributed by atoms with Crippen molar-refractivity contribution in [3.63, 3.8) is 0 Å². The Morgan fingerprint density at radius 3 is 2.47 bits per heavy atom. The van der Waals surface area contributed by atoms with Crippen LogP contribution >= 0.6 is 0 Å². The van der Waals surface area contributed by atoms with Crippen LogP contribution < -0.4 is 5.32 Å². The molecule has 0 spiro atoms. The summed E-state index contributed by atoms with van der Waals surface area (Å²) in [7, 11) is -1.66. The van der Waals surface area contributed by atoms with Crippen molar-refractivity contribution >= 4 is 10.2 Å². The molecule has 1 aliphatic rings. The van der Waals surface area contributed by atoms with E-state index < -0.39 is 10.2 Å². The van der Waals surface area contributed by atoms with Gasteiger partial charge in [0.15, 0.2) is 0 Å². The molecule has 0 aromatic heterocycles. The topological polar surface area (TPSA) is 52.7 Å². The van der Waals surface area contributed by atoms with Crippen molar-refractivity contribution in [3.05, 3.63) is 0 Å². The second-order valence-corrected chi connectivity index (χ2v) is 6.82. The molecule has 0 amide bonds. The zero-order valence-electron chi connectivity index (χ0n) is 11.3. The Balaban J connectivity index is 2.88. The van der Waals surface area contributed by atoms with Gasteiger partial charge >= 0.3 is 0 Å². The second kappa shape index (κ2) is 6.13. The van der Waals surface area contributed by atoms with E-state index in [1.165, 1.54) is 4.31 Å². The largest absolute Gasteiger partial charge is 0.315 e. The molecule has 1 N–H and O–H groups in total. The Labute approximate surface area is 105 Å². The van der Waals surface area contributed by atoms with Crippen LogP contribution in [0.5, 0.6) is 0 Å². The molecule has 1 fully saturated rings. The number of nitrogens with one attached hydrogen (secondary N) is 1. The lowest BCUT2D eigenvalue weighted by atomic mass is 10.2. The summed E-state index contributed by atoms with van der Waals surface area (Å²) in [4.78, 5) is 0. The van der Waals surface area contributed by atoms with Gasteiger partial charge in [0.2, 0.25) is 0 Å². The van der Waals surface area contributed by atoms with Gasteiger partial charge in [0.1, 0.15) is 0 Å². The van der Waals surface area contributed by atoms with Crippen molar-refractivity contribution in [2.45, 2.75) is 45.7 Å². The van der Waals surface area contributed by atoms with Gasteiger partial charge in [0.25, 0.3) is 10.2 Å². The van der Waals surface area contributed by atoms with Gasteiger partial charge in [-0.1, -0.05) is 6.92 Å². The SMILES string of the molecule is CCCN(C1CCNC1)S(=O)(=O)N(C)C(C)C. The van der Waals surface area contributed by atoms with E-state index in [2.05, 4.69) is 5.32 Å². The first-order chi connectivity index (χ1) is 7.91. The van der Waals surface area contributed by atoms with Crippen molar-refractivity contribution < 1.29 is 8.42 Å². The van der Waals surface area contributed by atoms with Gasteiger partial charge in [0.05, 0.1) is 0 Å². The highest BCUT2D eigenvalue weighted by Crippen LogP contribution is 2.18. The van der Waals surface area contributed by atoms with Crippen molar-refractivity contribution in [3.8, 4) is 0 Å². The minimum atomic E-state index is -3.32. The molecule has 1 aliphatic heterocycles. The molecule has 0 radical (unpaired) electrons. The molecule has 1 heterocycles. The maximum Gasteiger partial charge on any atom is 0.282 e. The highest BCUT2D eigenvalue weighted by molar-refractivity contribution is 7.86. The Morgan fingerprint density at radius 2 is 2.06 bits per heavy atom. The standard InChI is InChI=1S/C11H25N3O2S/c1-5-8-14(11-6-7-12-9-11)17(15,16)13(4)10(2)3/h10-12H,5-9H2,1-4H3. The Bertz CT molecular complexity index is 324. The maximum atomic E-state index is 12.5. The summed E-state index contributed by atoms with van der Waals surface area (Å²) in [5, 5.41) is 3.23. The molecule has 0 saturated carbocycles. The molecule has 0 aromatic carbocycles. The average Bonchev–Trinajstić information content (AvgIpc) is 2.77. The number of nitrogens with zero attached hydrogens (tertiary/aromatic N) is 2. The van der Waals surface area contributed by atoms with E-state index in [0.717, 1.165) is 25.9 Å². The van der Waals surface area contributed by atoms with E-state index in [9.17, 15) is 8.42 Å². The van der Waals surface area contributed by atoms with Crippen LogP contribution in [0.1, 0.15) is 33.6 Å². The fourth-order valence-corrected chi connectivity index (χ4v) is 3.86. The zero-order valence-corrected chi connectivity index (χ0v) is 12.1. The molecule has 1 atom stereocenters. The van der Waals surface area contributed by atoms with Crippen LogP contribution in [0.3, 0.4) is 0 Å². The highest BCUT2D eigenvalue weighted by atomic mass is 32.2. The van der Waals surface area contributed by atoms with Crippen molar-refractivity contribution in [1.82, 2.24) is 13.9 Å². The lowest BCUT2D eigenvalue weighted by Crippen LogP contribution is -2.50. The molecule has 102 valence electrons. The lowest BCUT2D eigenvalue weighted by molar-refractivity contribution is 0.291. The second-order valence-electron chi connectivity index (χ2n) is 4.88. The minimum absolute atomic E-state index is 0.00582. The Morgan fingerprint density at radius 1 is 1.41 bits per heavy atom. The Hall–Kier alpha value is -0.170. The van der Waals surface area contributed by atoms with Crippen molar-refractivity contribution in [2.24, 2.45) is 0 Å². The monoisotopic (exact) mass is 263 g/mol. The van der Waals surface area contributed by atoms with Gasteiger partial charge in [-0.05, 0) is 33.2 Å². The van der Waals surface area contributed by atoms with Crippen LogP contribution in [0.15, 0.2) is 0 Å². The summed E-state index contributed by atoms with van der Waals surface area (Å²) in [6, 6.07) is 0.106. The van der Waals surface area contributed by atoms with Crippen LogP contribution in [0, 0.1) is 0 Å². The quantitative estimate of drug-likeness (QED) is 0.765. The molecule has 17 heavy (non-hydrogen) atoms. The molecule has 0 aliphatic carbocycles. The summed E-state index contributed by atoms with van der Waals surface area (Å²) in [6.07, 6.45) is 1.76. The molecule has 1 unspecified atom stereocenters. The zero-order chi connectivity index (χ0) is 13.1. The van der Waals surface area contributed by atoms with Crippen LogP contribution in [0.2, 0.25) is 0 Å². The van der Waals surface area contributed by atoms with Gasteiger partial charge in [-0.25, -0.2) is 0 Å². The smallest absolute Gasteiger partial charge is 0.282 e. The average molecular weight is 263 g/mol. The van der Waals surface area contributed by atoms with Gasteiger partial charge < -0.3 is 5.32 Å². The van der Waals surface area contributed by atoms with Gasteiger partial charge in [-0.15, -0.1) is 0 Å². The lowest BCUT2D eigenvalue weighted by Gasteiger charge is -2.33. The van der Waals surface area contributed by atoms with Crippen LogP contribution in [-0.4, -0.2) is 55.8 Å². The molecular formula is C11H25N3O2S. The third-order valence-electron chi connectivity index (χ3n) is 3.27. The number of hydrogen-bond donors (Lipinski definition) is 1. The van der Waals surface area contributed by atoms with E-state index in [4.69, 9.17) is 0 Å². The summed E-state index contributed by atoms with van der Waals surface area (Å²) in [5.41, 5.74) is 0. The van der Waals surface area contributed by atoms with Crippen LogP contribution in [0.4, 0.5) is 0 Å². The third kappa shape index (κ3) is 3.40. The van der Waals surface area contributed by atoms with Gasteiger partial charge in [0, 0.05) is 32.2 Å². The minimum Gasteiger partial charge on any atom is -0.315 e. The third-order valence-corrected chi connectivity index (χ3v) is 5.50. The highest BCUT2D eigenvalue weighted by Gasteiger charge is 2.34. The van der Waals surface area contributed by atoms with E-state index in [-0.39, 0.29) is 12.1 Å². The normalized spacial score (nSPS) is 21.9. The molecule has 0 aromatic rings. The Kier molecular flexibility index (Phi) is 5.37. The maximum absolute atomic E-state index is 12.5. The predicted octanol–water partition coefficient (Wildman–Crippen LogP) is 0.645. The van der Waals surface area contributed by atoms with E-state index in [1.807, 2.05) is 20.8 Å². The van der Waals surface area contributed by atoms with Gasteiger partial charge in [-0.3, -0.25) is 0 Å². The molecule has 5 nitrogen and oxygen atoms in total. The predicted molar refractivity (Wildman–Crippen MR) is 70.1 cm³/mol. The van der Waals surface area contributed by atoms with Crippen molar-refractivity contribution in [1.29, 1.82) is 0 Å². The molecule has 1 saturated heterocycles. The molecule has 1 rings (SSSR count). The van der Waals surface area contributed by atoms with Crippen LogP contribution in [0.25, 0.3) is 0 Å². The number of rotatable bonds is 6.